The predicted octanol–water partition coefficient (Wildman–Crippen LogP) is 2.47. The molecule has 1 heterocycles. The highest BCUT2D eigenvalue weighted by Gasteiger charge is 2.19. The number of hydrogen-bond donors (Lipinski definition) is 1. The van der Waals surface area contributed by atoms with Gasteiger partial charge in [0.05, 0.1) is 0 Å². The van der Waals surface area contributed by atoms with E-state index in [2.05, 4.69) is 5.10 Å². The molecule has 2 rings (SSSR count). The van der Waals surface area contributed by atoms with Crippen molar-refractivity contribution in [1.82, 2.24) is 9.78 Å². The molecule has 7 heteroatoms. The Labute approximate surface area is 119 Å². The largest absolute Gasteiger partial charge is 0.476 e. The van der Waals surface area contributed by atoms with E-state index in [1.54, 1.807) is 25.1 Å². The van der Waals surface area contributed by atoms with Gasteiger partial charge in [-0.15, -0.1) is 0 Å². The van der Waals surface area contributed by atoms with Crippen molar-refractivity contribution in [3.05, 3.63) is 46.7 Å². The van der Waals surface area contributed by atoms with E-state index in [9.17, 15) is 9.59 Å². The van der Waals surface area contributed by atoms with Crippen LogP contribution in [0.25, 0.3) is 0 Å². The average Bonchev–Trinajstić information content (AvgIpc) is 2.83. The topological polar surface area (TPSA) is 81.4 Å². The van der Waals surface area contributed by atoms with Gasteiger partial charge in [0.15, 0.2) is 5.69 Å². The molecule has 0 unspecified atom stereocenters. The monoisotopic (exact) mass is 294 g/mol. The Bertz CT molecular complexity index is 666. The number of carboxylic acid groups (broad SMARTS) is 1. The Kier molecular flexibility index (Phi) is 4.05. The van der Waals surface area contributed by atoms with Crippen molar-refractivity contribution in [3.8, 4) is 5.75 Å². The van der Waals surface area contributed by atoms with E-state index in [1.807, 2.05) is 0 Å². The number of carbonyl (C=O) groups is 2. The van der Waals surface area contributed by atoms with Gasteiger partial charge in [0, 0.05) is 17.6 Å². The minimum Gasteiger partial charge on any atom is -0.476 e. The van der Waals surface area contributed by atoms with Gasteiger partial charge in [0.25, 0.3) is 0 Å². The molecular weight excluding hydrogens is 284 g/mol. The maximum absolute atomic E-state index is 12.0. The summed E-state index contributed by atoms with van der Waals surface area (Å²) in [5.74, 6) is -1.61. The summed E-state index contributed by atoms with van der Waals surface area (Å²) in [6.45, 7) is 2.10. The lowest BCUT2D eigenvalue weighted by molar-refractivity contribution is 0.0687. The minimum atomic E-state index is -1.20. The highest BCUT2D eigenvalue weighted by atomic mass is 35.5. The van der Waals surface area contributed by atoms with Crippen molar-refractivity contribution in [1.29, 1.82) is 0 Å². The van der Waals surface area contributed by atoms with Gasteiger partial charge < -0.3 is 9.84 Å². The zero-order chi connectivity index (χ0) is 14.7. The van der Waals surface area contributed by atoms with Gasteiger partial charge in [-0.05, 0) is 25.1 Å². The molecule has 0 aliphatic carbocycles. The lowest BCUT2D eigenvalue weighted by Crippen LogP contribution is -2.15. The smallest absolute Gasteiger partial charge is 0.362 e. The van der Waals surface area contributed by atoms with E-state index >= 15 is 0 Å². The van der Waals surface area contributed by atoms with Crippen LogP contribution in [-0.2, 0) is 6.54 Å². The standard InChI is InChI=1S/C13H11ClN2O4/c1-2-16-11(7-10(15-16)12(17)18)13(19)20-9-5-3-4-8(14)6-9/h3-7H,2H2,1H3,(H,17,18). The lowest BCUT2D eigenvalue weighted by Gasteiger charge is -2.05. The summed E-state index contributed by atoms with van der Waals surface area (Å²) >= 11 is 5.79. The third-order valence-corrected chi connectivity index (χ3v) is 2.75. The molecule has 1 aromatic heterocycles. The van der Waals surface area contributed by atoms with Crippen molar-refractivity contribution in [3.63, 3.8) is 0 Å². The van der Waals surface area contributed by atoms with Crippen LogP contribution in [0.15, 0.2) is 30.3 Å². The van der Waals surface area contributed by atoms with E-state index in [4.69, 9.17) is 21.4 Å². The third kappa shape index (κ3) is 2.97. The molecule has 0 fully saturated rings. The predicted molar refractivity (Wildman–Crippen MR) is 71.3 cm³/mol. The van der Waals surface area contributed by atoms with Crippen molar-refractivity contribution in [2.75, 3.05) is 0 Å². The molecule has 0 aliphatic rings. The van der Waals surface area contributed by atoms with Gasteiger partial charge in [0.2, 0.25) is 0 Å². The molecule has 1 aromatic carbocycles. The number of halogens is 1. The summed E-state index contributed by atoms with van der Waals surface area (Å²) < 4.78 is 6.41. The SMILES string of the molecule is CCn1nc(C(=O)O)cc1C(=O)Oc1cccc(Cl)c1. The molecule has 2 aromatic rings. The van der Waals surface area contributed by atoms with E-state index in [0.29, 0.717) is 11.6 Å². The van der Waals surface area contributed by atoms with Crippen LogP contribution in [0.1, 0.15) is 27.9 Å². The first-order valence-corrected chi connectivity index (χ1v) is 6.18. The number of aromatic nitrogens is 2. The number of ether oxygens (including phenoxy) is 1. The molecular formula is C13H11ClN2O4. The molecule has 0 atom stereocenters. The van der Waals surface area contributed by atoms with Crippen molar-refractivity contribution in [2.24, 2.45) is 0 Å². The number of hydrogen-bond acceptors (Lipinski definition) is 4. The quantitative estimate of drug-likeness (QED) is 0.692. The fraction of sp³-hybridized carbons (Fsp3) is 0.154. The van der Waals surface area contributed by atoms with Crippen LogP contribution in [0.4, 0.5) is 0 Å². The Morgan fingerprint density at radius 3 is 2.75 bits per heavy atom. The summed E-state index contributed by atoms with van der Waals surface area (Å²) in [6, 6.07) is 7.54. The molecule has 104 valence electrons. The van der Waals surface area contributed by atoms with Crippen molar-refractivity contribution in [2.45, 2.75) is 13.5 Å². The molecule has 0 radical (unpaired) electrons. The minimum absolute atomic E-state index is 0.0740. The fourth-order valence-corrected chi connectivity index (χ4v) is 1.80. The van der Waals surface area contributed by atoms with Gasteiger partial charge >= 0.3 is 11.9 Å². The Morgan fingerprint density at radius 2 is 2.15 bits per heavy atom. The third-order valence-electron chi connectivity index (χ3n) is 2.51. The van der Waals surface area contributed by atoms with Gasteiger partial charge in [-0.25, -0.2) is 9.59 Å². The molecule has 0 spiro atoms. The number of aromatic carboxylic acids is 1. The first kappa shape index (κ1) is 14.1. The molecule has 6 nitrogen and oxygen atoms in total. The van der Waals surface area contributed by atoms with E-state index in [0.717, 1.165) is 0 Å². The normalized spacial score (nSPS) is 10.3. The maximum atomic E-state index is 12.0. The number of carbonyl (C=O) groups excluding carboxylic acids is 1. The van der Waals surface area contributed by atoms with Crippen LogP contribution in [-0.4, -0.2) is 26.8 Å². The van der Waals surface area contributed by atoms with Crippen LogP contribution >= 0.6 is 11.6 Å². The van der Waals surface area contributed by atoms with Crippen LogP contribution in [0, 0.1) is 0 Å². The summed E-state index contributed by atoms with van der Waals surface area (Å²) in [5, 5.41) is 13.1. The highest BCUT2D eigenvalue weighted by molar-refractivity contribution is 6.30. The van der Waals surface area contributed by atoms with Crippen LogP contribution in [0.5, 0.6) is 5.75 Å². The molecule has 0 saturated carbocycles. The Hall–Kier alpha value is -2.34. The fourth-order valence-electron chi connectivity index (χ4n) is 1.62. The molecule has 1 N–H and O–H groups in total. The number of aryl methyl sites for hydroxylation is 1. The van der Waals surface area contributed by atoms with E-state index in [1.165, 1.54) is 16.8 Å². The van der Waals surface area contributed by atoms with Gasteiger partial charge in [-0.2, -0.15) is 5.10 Å². The highest BCUT2D eigenvalue weighted by Crippen LogP contribution is 2.18. The second-order valence-electron chi connectivity index (χ2n) is 3.88. The zero-order valence-corrected chi connectivity index (χ0v) is 11.3. The first-order valence-electron chi connectivity index (χ1n) is 5.80. The second kappa shape index (κ2) is 5.75. The van der Waals surface area contributed by atoms with Gasteiger partial charge in [0.1, 0.15) is 11.4 Å². The molecule has 0 amide bonds. The summed E-state index contributed by atoms with van der Waals surface area (Å²) in [4.78, 5) is 22.9. The number of benzene rings is 1. The second-order valence-corrected chi connectivity index (χ2v) is 4.32. The number of esters is 1. The molecule has 20 heavy (non-hydrogen) atoms. The number of carboxylic acids is 1. The Morgan fingerprint density at radius 1 is 1.40 bits per heavy atom. The van der Waals surface area contributed by atoms with E-state index in [-0.39, 0.29) is 17.1 Å². The van der Waals surface area contributed by atoms with Crippen LogP contribution < -0.4 is 4.74 Å². The van der Waals surface area contributed by atoms with E-state index < -0.39 is 11.9 Å². The summed E-state index contributed by atoms with van der Waals surface area (Å²) in [6.07, 6.45) is 0. The van der Waals surface area contributed by atoms with Crippen LogP contribution in [0.2, 0.25) is 5.02 Å². The first-order chi connectivity index (χ1) is 9.51. The average molecular weight is 295 g/mol. The lowest BCUT2D eigenvalue weighted by atomic mass is 10.3. The number of rotatable bonds is 4. The molecule has 0 bridgehead atoms. The summed E-state index contributed by atoms with van der Waals surface area (Å²) in [5.41, 5.74) is -0.130. The van der Waals surface area contributed by atoms with Gasteiger partial charge in [-0.3, -0.25) is 4.68 Å². The number of nitrogens with zero attached hydrogens (tertiary/aromatic N) is 2. The Balaban J connectivity index is 2.27. The maximum Gasteiger partial charge on any atom is 0.362 e. The van der Waals surface area contributed by atoms with Gasteiger partial charge in [-0.1, -0.05) is 17.7 Å². The van der Waals surface area contributed by atoms with Crippen molar-refractivity contribution >= 4 is 23.5 Å². The molecule has 0 saturated heterocycles. The van der Waals surface area contributed by atoms with Crippen LogP contribution in [0.3, 0.4) is 0 Å². The van der Waals surface area contributed by atoms with Crippen molar-refractivity contribution < 1.29 is 19.4 Å². The molecule has 0 aliphatic heterocycles. The zero-order valence-electron chi connectivity index (χ0n) is 10.5. The summed E-state index contributed by atoms with van der Waals surface area (Å²) in [7, 11) is 0.